The lowest BCUT2D eigenvalue weighted by Gasteiger charge is -2.16. The van der Waals surface area contributed by atoms with E-state index in [9.17, 15) is 4.79 Å². The smallest absolute Gasteiger partial charge is 0.265 e. The van der Waals surface area contributed by atoms with E-state index in [4.69, 9.17) is 9.72 Å². The van der Waals surface area contributed by atoms with Crippen molar-refractivity contribution in [2.75, 3.05) is 5.32 Å². The van der Waals surface area contributed by atoms with Gasteiger partial charge < -0.3 is 10.1 Å². The highest BCUT2D eigenvalue weighted by molar-refractivity contribution is 5.94. The van der Waals surface area contributed by atoms with Crippen molar-refractivity contribution in [2.45, 2.75) is 40.7 Å². The molecule has 2 aromatic carbocycles. The number of para-hydroxylation sites is 1. The molecule has 1 atom stereocenters. The van der Waals surface area contributed by atoms with Crippen LogP contribution in [0.15, 0.2) is 54.6 Å². The standard InChI is InChI=1S/C25H26N4O2/c1-15-11-12-21(16(2)13-15)26-25(30)19(5)31-22-14-17(3)23-18(4)28-29(24(23)27-22)20-9-7-6-8-10-20/h6-14,19H,1-5H3,(H,26,30)/t19-/m0/s1. The lowest BCUT2D eigenvalue weighted by atomic mass is 10.1. The van der Waals surface area contributed by atoms with Gasteiger partial charge in [-0.15, -0.1) is 0 Å². The molecule has 1 N–H and O–H groups in total. The Morgan fingerprint density at radius 3 is 2.45 bits per heavy atom. The van der Waals surface area contributed by atoms with Crippen molar-refractivity contribution in [3.05, 3.63) is 77.0 Å². The minimum absolute atomic E-state index is 0.223. The highest BCUT2D eigenvalue weighted by Gasteiger charge is 2.19. The second-order valence-electron chi connectivity index (χ2n) is 7.88. The zero-order chi connectivity index (χ0) is 22.1. The van der Waals surface area contributed by atoms with Crippen molar-refractivity contribution < 1.29 is 9.53 Å². The normalized spacial score (nSPS) is 12.0. The molecule has 4 rings (SSSR count). The van der Waals surface area contributed by atoms with Gasteiger partial charge in [-0.1, -0.05) is 35.9 Å². The van der Waals surface area contributed by atoms with Gasteiger partial charge >= 0.3 is 0 Å². The van der Waals surface area contributed by atoms with Gasteiger partial charge in [-0.3, -0.25) is 4.79 Å². The monoisotopic (exact) mass is 414 g/mol. The molecule has 0 fully saturated rings. The zero-order valence-electron chi connectivity index (χ0n) is 18.4. The number of hydrogen-bond donors (Lipinski definition) is 1. The molecule has 1 amide bonds. The highest BCUT2D eigenvalue weighted by Crippen LogP contribution is 2.27. The number of carbonyl (C=O) groups excluding carboxylic acids is 1. The summed E-state index contributed by atoms with van der Waals surface area (Å²) in [7, 11) is 0. The van der Waals surface area contributed by atoms with Gasteiger partial charge in [0.05, 0.1) is 11.4 Å². The largest absolute Gasteiger partial charge is 0.464 e. The summed E-state index contributed by atoms with van der Waals surface area (Å²) in [6.45, 7) is 9.69. The number of aromatic nitrogens is 3. The first-order valence-corrected chi connectivity index (χ1v) is 10.3. The number of ether oxygens (including phenoxy) is 1. The molecule has 31 heavy (non-hydrogen) atoms. The number of fused-ring (bicyclic) bond motifs is 1. The SMILES string of the molecule is Cc1ccc(NC(=O)[C@H](C)Oc2cc(C)c3c(C)nn(-c4ccccc4)c3n2)c(C)c1. The highest BCUT2D eigenvalue weighted by atomic mass is 16.5. The summed E-state index contributed by atoms with van der Waals surface area (Å²) in [4.78, 5) is 17.4. The van der Waals surface area contributed by atoms with E-state index < -0.39 is 6.10 Å². The molecule has 0 aliphatic carbocycles. The third-order valence-electron chi connectivity index (χ3n) is 5.29. The molecule has 2 heterocycles. The Morgan fingerprint density at radius 1 is 1.00 bits per heavy atom. The molecule has 2 aromatic heterocycles. The predicted octanol–water partition coefficient (Wildman–Crippen LogP) is 5.06. The molecule has 0 radical (unpaired) electrons. The molecule has 4 aromatic rings. The summed E-state index contributed by atoms with van der Waals surface area (Å²) in [6.07, 6.45) is -0.709. The van der Waals surface area contributed by atoms with Crippen LogP contribution in [0, 0.1) is 27.7 Å². The molecular weight excluding hydrogens is 388 g/mol. The van der Waals surface area contributed by atoms with Crippen molar-refractivity contribution in [3.63, 3.8) is 0 Å². The van der Waals surface area contributed by atoms with Crippen LogP contribution in [0.3, 0.4) is 0 Å². The van der Waals surface area contributed by atoms with E-state index in [1.165, 1.54) is 0 Å². The molecule has 158 valence electrons. The number of aryl methyl sites for hydroxylation is 4. The average molecular weight is 415 g/mol. The van der Waals surface area contributed by atoms with Crippen LogP contribution in [-0.2, 0) is 4.79 Å². The summed E-state index contributed by atoms with van der Waals surface area (Å²) in [5.41, 5.74) is 6.48. The second-order valence-corrected chi connectivity index (χ2v) is 7.88. The molecular formula is C25H26N4O2. The quantitative estimate of drug-likeness (QED) is 0.496. The molecule has 0 bridgehead atoms. The van der Waals surface area contributed by atoms with Crippen molar-refractivity contribution in [1.29, 1.82) is 0 Å². The number of nitrogens with zero attached hydrogens (tertiary/aromatic N) is 3. The van der Waals surface area contributed by atoms with Gasteiger partial charge in [0.15, 0.2) is 11.8 Å². The van der Waals surface area contributed by atoms with E-state index in [-0.39, 0.29) is 5.91 Å². The molecule has 6 heteroatoms. The van der Waals surface area contributed by atoms with Crippen LogP contribution >= 0.6 is 0 Å². The second kappa shape index (κ2) is 8.22. The molecule has 0 saturated heterocycles. The summed E-state index contributed by atoms with van der Waals surface area (Å²) < 4.78 is 7.75. The number of benzene rings is 2. The van der Waals surface area contributed by atoms with Crippen LogP contribution in [0.2, 0.25) is 0 Å². The topological polar surface area (TPSA) is 69.0 Å². The van der Waals surface area contributed by atoms with E-state index in [2.05, 4.69) is 10.4 Å². The van der Waals surface area contributed by atoms with Gasteiger partial charge in [-0.05, 0) is 63.9 Å². The molecule has 0 unspecified atom stereocenters. The van der Waals surface area contributed by atoms with Crippen LogP contribution in [0.4, 0.5) is 5.69 Å². The van der Waals surface area contributed by atoms with E-state index in [0.29, 0.717) is 11.5 Å². The number of rotatable bonds is 5. The van der Waals surface area contributed by atoms with E-state index in [1.54, 1.807) is 6.92 Å². The van der Waals surface area contributed by atoms with Gasteiger partial charge in [0.2, 0.25) is 5.88 Å². The first-order chi connectivity index (χ1) is 14.8. The van der Waals surface area contributed by atoms with Crippen molar-refractivity contribution >= 4 is 22.6 Å². The number of anilines is 1. The summed E-state index contributed by atoms with van der Waals surface area (Å²) in [5.74, 6) is 0.171. The van der Waals surface area contributed by atoms with Crippen LogP contribution in [-0.4, -0.2) is 26.8 Å². The Bertz CT molecular complexity index is 1260. The molecule has 0 aliphatic rings. The van der Waals surface area contributed by atoms with Crippen molar-refractivity contribution in [1.82, 2.24) is 14.8 Å². The number of amides is 1. The van der Waals surface area contributed by atoms with Crippen molar-refractivity contribution in [2.24, 2.45) is 0 Å². The van der Waals surface area contributed by atoms with Gasteiger partial charge in [-0.25, -0.2) is 4.68 Å². The fourth-order valence-electron chi connectivity index (χ4n) is 3.71. The van der Waals surface area contributed by atoms with E-state index >= 15 is 0 Å². The maximum atomic E-state index is 12.7. The van der Waals surface area contributed by atoms with Gasteiger partial charge in [0.1, 0.15) is 0 Å². The average Bonchev–Trinajstić information content (AvgIpc) is 3.07. The number of nitrogens with one attached hydrogen (secondary N) is 1. The van der Waals surface area contributed by atoms with E-state index in [0.717, 1.165) is 39.1 Å². The maximum Gasteiger partial charge on any atom is 0.265 e. The molecule has 0 spiro atoms. The fraction of sp³-hybridized carbons (Fsp3) is 0.240. The Balaban J connectivity index is 1.61. The van der Waals surface area contributed by atoms with Crippen LogP contribution in [0.5, 0.6) is 5.88 Å². The maximum absolute atomic E-state index is 12.7. The van der Waals surface area contributed by atoms with Gasteiger partial charge in [-0.2, -0.15) is 10.1 Å². The lowest BCUT2D eigenvalue weighted by molar-refractivity contribution is -0.122. The van der Waals surface area contributed by atoms with Gasteiger partial charge in [0.25, 0.3) is 5.91 Å². The number of pyridine rings is 1. The molecule has 0 aliphatic heterocycles. The molecule has 6 nitrogen and oxygen atoms in total. The summed E-state index contributed by atoms with van der Waals surface area (Å²) in [5, 5.41) is 8.60. The third kappa shape index (κ3) is 4.14. The molecule has 0 saturated carbocycles. The zero-order valence-corrected chi connectivity index (χ0v) is 18.4. The van der Waals surface area contributed by atoms with Gasteiger partial charge in [0, 0.05) is 17.1 Å². The Kier molecular flexibility index (Phi) is 5.46. The number of hydrogen-bond acceptors (Lipinski definition) is 4. The first kappa shape index (κ1) is 20.6. The Morgan fingerprint density at radius 2 is 1.74 bits per heavy atom. The fourth-order valence-corrected chi connectivity index (χ4v) is 3.71. The Hall–Kier alpha value is -3.67. The Labute approximate surface area is 181 Å². The van der Waals surface area contributed by atoms with Crippen LogP contribution in [0.1, 0.15) is 29.3 Å². The predicted molar refractivity (Wildman–Crippen MR) is 123 cm³/mol. The van der Waals surface area contributed by atoms with E-state index in [1.807, 2.05) is 87.0 Å². The first-order valence-electron chi connectivity index (χ1n) is 10.3. The summed E-state index contributed by atoms with van der Waals surface area (Å²) >= 11 is 0. The van der Waals surface area contributed by atoms with Crippen LogP contribution in [0.25, 0.3) is 16.7 Å². The lowest BCUT2D eigenvalue weighted by Crippen LogP contribution is -2.30. The van der Waals surface area contributed by atoms with Crippen molar-refractivity contribution in [3.8, 4) is 11.6 Å². The summed E-state index contributed by atoms with van der Waals surface area (Å²) in [6, 6.07) is 17.6. The minimum atomic E-state index is -0.709. The minimum Gasteiger partial charge on any atom is -0.464 e. The third-order valence-corrected chi connectivity index (χ3v) is 5.29. The number of carbonyl (C=O) groups is 1. The van der Waals surface area contributed by atoms with Crippen LogP contribution < -0.4 is 10.1 Å².